The maximum Gasteiger partial charge on any atom is 0.181 e. The molecule has 1 aromatic heterocycles. The number of fused-ring (bicyclic) bond motifs is 4. The third kappa shape index (κ3) is 1.23. The molecule has 3 heterocycles. The van der Waals surface area contributed by atoms with Crippen LogP contribution in [0.2, 0.25) is 0 Å². The van der Waals surface area contributed by atoms with Crippen LogP contribution in [0.25, 0.3) is 5.57 Å². The molecule has 0 spiro atoms. The summed E-state index contributed by atoms with van der Waals surface area (Å²) in [7, 11) is 0. The first-order chi connectivity index (χ1) is 6.93. The average molecular weight is 206 g/mol. The number of hydrazone groups is 1. The summed E-state index contributed by atoms with van der Waals surface area (Å²) in [5.74, 6) is 0. The van der Waals surface area contributed by atoms with E-state index in [0.717, 1.165) is 24.8 Å². The Morgan fingerprint density at radius 3 is 3.50 bits per heavy atom. The minimum atomic E-state index is 0.720. The summed E-state index contributed by atoms with van der Waals surface area (Å²) in [5, 5.41) is 9.43. The third-order valence-electron chi connectivity index (χ3n) is 2.42. The Balaban J connectivity index is 2.09. The molecule has 2 aliphatic rings. The van der Waals surface area contributed by atoms with Gasteiger partial charge in [0.05, 0.1) is 13.1 Å². The lowest BCUT2D eigenvalue weighted by molar-refractivity contribution is 0.228. The van der Waals surface area contributed by atoms with Crippen molar-refractivity contribution in [2.75, 3.05) is 19.7 Å². The Bertz CT molecular complexity index is 408. The second kappa shape index (κ2) is 3.13. The number of ether oxygens (including phenoxy) is 1. The van der Waals surface area contributed by atoms with Gasteiger partial charge in [-0.25, -0.2) is 0 Å². The molecule has 0 atom stereocenters. The minimum absolute atomic E-state index is 0.720. The van der Waals surface area contributed by atoms with Crippen molar-refractivity contribution in [3.05, 3.63) is 23.1 Å². The Hall–Kier alpha value is -1.29. The molecule has 0 fully saturated rings. The smallest absolute Gasteiger partial charge is 0.181 e. The second-order valence-electron chi connectivity index (χ2n) is 3.31. The summed E-state index contributed by atoms with van der Waals surface area (Å²) in [6, 6.07) is 2.12. The van der Waals surface area contributed by atoms with Crippen molar-refractivity contribution in [1.82, 2.24) is 5.01 Å². The SMILES string of the molecule is C1=NN2CCOc3sccc3C(=C1)C2. The zero-order valence-electron chi connectivity index (χ0n) is 7.64. The molecule has 3 rings (SSSR count). The van der Waals surface area contributed by atoms with Gasteiger partial charge in [0.15, 0.2) is 5.06 Å². The van der Waals surface area contributed by atoms with Crippen molar-refractivity contribution in [1.29, 1.82) is 0 Å². The zero-order valence-corrected chi connectivity index (χ0v) is 8.46. The fraction of sp³-hybridized carbons (Fsp3) is 0.300. The monoisotopic (exact) mass is 206 g/mol. The molecular formula is C10H10N2OS. The van der Waals surface area contributed by atoms with Crippen LogP contribution in [0.1, 0.15) is 5.56 Å². The van der Waals surface area contributed by atoms with E-state index in [1.165, 1.54) is 11.1 Å². The van der Waals surface area contributed by atoms with Gasteiger partial charge in [0.1, 0.15) is 6.61 Å². The lowest BCUT2D eigenvalue weighted by atomic mass is 10.1. The van der Waals surface area contributed by atoms with E-state index in [0.29, 0.717) is 0 Å². The fourth-order valence-electron chi connectivity index (χ4n) is 1.71. The lowest BCUT2D eigenvalue weighted by Gasteiger charge is -2.25. The Morgan fingerprint density at radius 2 is 2.50 bits per heavy atom. The van der Waals surface area contributed by atoms with E-state index in [4.69, 9.17) is 4.74 Å². The number of rotatable bonds is 0. The predicted molar refractivity (Wildman–Crippen MR) is 57.9 cm³/mol. The molecule has 4 heteroatoms. The first-order valence-electron chi connectivity index (χ1n) is 4.62. The number of hydrogen-bond acceptors (Lipinski definition) is 4. The van der Waals surface area contributed by atoms with Crippen molar-refractivity contribution < 1.29 is 4.74 Å². The van der Waals surface area contributed by atoms with Gasteiger partial charge >= 0.3 is 0 Å². The molecule has 3 nitrogen and oxygen atoms in total. The van der Waals surface area contributed by atoms with Gasteiger partial charge in [-0.05, 0) is 23.1 Å². The van der Waals surface area contributed by atoms with Gasteiger partial charge in [-0.3, -0.25) is 5.01 Å². The highest BCUT2D eigenvalue weighted by Crippen LogP contribution is 2.34. The number of hydrogen-bond donors (Lipinski definition) is 0. The highest BCUT2D eigenvalue weighted by molar-refractivity contribution is 7.12. The van der Waals surface area contributed by atoms with Gasteiger partial charge in [0, 0.05) is 11.8 Å². The van der Waals surface area contributed by atoms with Crippen LogP contribution in [-0.4, -0.2) is 30.9 Å². The largest absolute Gasteiger partial charge is 0.481 e. The van der Waals surface area contributed by atoms with E-state index >= 15 is 0 Å². The number of allylic oxidation sites excluding steroid dienone is 1. The molecule has 0 aliphatic carbocycles. The normalized spacial score (nSPS) is 19.1. The van der Waals surface area contributed by atoms with E-state index in [1.807, 2.05) is 11.2 Å². The Kier molecular flexibility index (Phi) is 1.80. The quantitative estimate of drug-likeness (QED) is 0.647. The maximum absolute atomic E-state index is 5.67. The van der Waals surface area contributed by atoms with Crippen LogP contribution in [0.15, 0.2) is 22.6 Å². The van der Waals surface area contributed by atoms with Crippen molar-refractivity contribution in [3.63, 3.8) is 0 Å². The first kappa shape index (κ1) is 8.05. The van der Waals surface area contributed by atoms with E-state index in [9.17, 15) is 0 Å². The minimum Gasteiger partial charge on any atom is -0.481 e. The molecule has 0 unspecified atom stereocenters. The molecular weight excluding hydrogens is 196 g/mol. The van der Waals surface area contributed by atoms with Crippen LogP contribution < -0.4 is 4.74 Å². The van der Waals surface area contributed by atoms with Crippen molar-refractivity contribution in [3.8, 4) is 5.06 Å². The maximum atomic E-state index is 5.67. The molecule has 0 amide bonds. The first-order valence-corrected chi connectivity index (χ1v) is 5.50. The van der Waals surface area contributed by atoms with Crippen LogP contribution in [-0.2, 0) is 0 Å². The number of nitrogens with zero attached hydrogens (tertiary/aromatic N) is 2. The van der Waals surface area contributed by atoms with Gasteiger partial charge in [-0.1, -0.05) is 0 Å². The Morgan fingerprint density at radius 1 is 1.50 bits per heavy atom. The number of thiophene rings is 1. The van der Waals surface area contributed by atoms with Gasteiger partial charge in [-0.2, -0.15) is 5.10 Å². The van der Waals surface area contributed by atoms with E-state index < -0.39 is 0 Å². The molecule has 2 aliphatic heterocycles. The van der Waals surface area contributed by atoms with E-state index in [-0.39, 0.29) is 0 Å². The third-order valence-corrected chi connectivity index (χ3v) is 3.24. The fourth-order valence-corrected chi connectivity index (χ4v) is 2.51. The van der Waals surface area contributed by atoms with E-state index in [1.54, 1.807) is 11.3 Å². The molecule has 1 aromatic rings. The average Bonchev–Trinajstić information content (AvgIpc) is 2.65. The van der Waals surface area contributed by atoms with Crippen molar-refractivity contribution >= 4 is 23.1 Å². The van der Waals surface area contributed by atoms with Crippen LogP contribution in [0.5, 0.6) is 5.06 Å². The summed E-state index contributed by atoms with van der Waals surface area (Å²) in [6.07, 6.45) is 3.93. The lowest BCUT2D eigenvalue weighted by Crippen LogP contribution is -2.29. The van der Waals surface area contributed by atoms with E-state index in [2.05, 4.69) is 22.6 Å². The molecule has 0 aromatic carbocycles. The van der Waals surface area contributed by atoms with Crippen LogP contribution in [0.3, 0.4) is 0 Å². The molecule has 0 radical (unpaired) electrons. The molecule has 0 N–H and O–H groups in total. The van der Waals surface area contributed by atoms with Crippen molar-refractivity contribution in [2.45, 2.75) is 0 Å². The molecule has 0 saturated heterocycles. The summed E-state index contributed by atoms with van der Waals surface area (Å²) in [5.41, 5.74) is 2.53. The molecule has 2 bridgehead atoms. The highest BCUT2D eigenvalue weighted by Gasteiger charge is 2.18. The standard InChI is InChI=1S/C10H10N2OS/c1-3-11-12-4-5-13-10-9(2-6-14-10)8(1)7-12/h1-3,6H,4-5,7H2. The van der Waals surface area contributed by atoms with Gasteiger partial charge in [0.2, 0.25) is 0 Å². The molecule has 72 valence electrons. The van der Waals surface area contributed by atoms with Gasteiger partial charge in [-0.15, -0.1) is 11.3 Å². The van der Waals surface area contributed by atoms with Gasteiger partial charge < -0.3 is 4.74 Å². The summed E-state index contributed by atoms with van der Waals surface area (Å²) in [4.78, 5) is 0. The summed E-state index contributed by atoms with van der Waals surface area (Å²) >= 11 is 1.67. The summed E-state index contributed by atoms with van der Waals surface area (Å²) in [6.45, 7) is 2.49. The van der Waals surface area contributed by atoms with Gasteiger partial charge in [0.25, 0.3) is 0 Å². The molecule has 14 heavy (non-hydrogen) atoms. The van der Waals surface area contributed by atoms with Crippen LogP contribution in [0.4, 0.5) is 0 Å². The van der Waals surface area contributed by atoms with Crippen LogP contribution in [0, 0.1) is 0 Å². The highest BCUT2D eigenvalue weighted by atomic mass is 32.1. The second-order valence-corrected chi connectivity index (χ2v) is 4.19. The Labute approximate surface area is 86.3 Å². The predicted octanol–water partition coefficient (Wildman–Crippen LogP) is 1.83. The molecule has 0 saturated carbocycles. The summed E-state index contributed by atoms with van der Waals surface area (Å²) < 4.78 is 5.67. The topological polar surface area (TPSA) is 24.8 Å². The zero-order chi connectivity index (χ0) is 9.38. The van der Waals surface area contributed by atoms with Crippen LogP contribution >= 0.6 is 11.3 Å². The van der Waals surface area contributed by atoms with Crippen molar-refractivity contribution in [2.24, 2.45) is 5.10 Å².